The van der Waals surface area contributed by atoms with Gasteiger partial charge in [0.25, 0.3) is 5.91 Å². The van der Waals surface area contributed by atoms with Gasteiger partial charge in [-0.25, -0.2) is 22.8 Å². The monoisotopic (exact) mass is 497 g/mol. The number of nitrogen functional groups attached to an aromatic ring is 1. The molecule has 0 atom stereocenters. The summed E-state index contributed by atoms with van der Waals surface area (Å²) < 4.78 is 52.2. The number of anilines is 1. The van der Waals surface area contributed by atoms with Gasteiger partial charge in [-0.3, -0.25) is 4.79 Å². The number of aromatic nitrogens is 3. The van der Waals surface area contributed by atoms with Crippen LogP contribution < -0.4 is 16.2 Å². The van der Waals surface area contributed by atoms with Gasteiger partial charge in [-0.2, -0.15) is 5.10 Å². The number of amides is 1. The lowest BCUT2D eigenvalue weighted by Crippen LogP contribution is -2.42. The molecule has 8 nitrogen and oxygen atoms in total. The number of carbonyl (C=O) groups is 1. The molecule has 1 amide bonds. The average Bonchev–Trinajstić information content (AvgIpc) is 3.14. The quantitative estimate of drug-likeness (QED) is 0.383. The Balaban J connectivity index is 1.75. The second-order valence-corrected chi connectivity index (χ2v) is 9.09. The van der Waals surface area contributed by atoms with Crippen LogP contribution in [-0.2, 0) is 0 Å². The molecular formula is C25H22F3N5O3. The SMILES string of the molecule is COc1c(F)c(-c2ccccc2F)nc2c(F)c(-c3nn([C@H]4C[C@@](C)(O)C4)c(N)c3C(N)=O)ccc12. The normalized spacial score (nSPS) is 19.3. The maximum Gasteiger partial charge on any atom is 0.254 e. The van der Waals surface area contributed by atoms with Crippen molar-refractivity contribution in [2.45, 2.75) is 31.4 Å². The molecule has 1 aliphatic rings. The van der Waals surface area contributed by atoms with E-state index >= 15 is 8.78 Å². The van der Waals surface area contributed by atoms with Crippen molar-refractivity contribution in [2.24, 2.45) is 5.73 Å². The standard InChI is InChI=1S/C25H22F3N5O3/c1-25(35)9-11(10-25)33-23(29)16(24(30)34)19(32-33)13-7-8-14-21(17(13)27)31-20(18(28)22(14)36-2)12-5-3-4-6-15(12)26/h3-8,11,35H,9-10,29H2,1-2H3,(H2,30,34)/t11-,25+. The fourth-order valence-corrected chi connectivity index (χ4v) is 4.74. The molecule has 5 rings (SSSR count). The van der Waals surface area contributed by atoms with Gasteiger partial charge in [-0.05, 0) is 44.0 Å². The van der Waals surface area contributed by atoms with Crippen molar-refractivity contribution in [1.29, 1.82) is 0 Å². The molecule has 0 aliphatic heterocycles. The molecule has 36 heavy (non-hydrogen) atoms. The fourth-order valence-electron chi connectivity index (χ4n) is 4.74. The summed E-state index contributed by atoms with van der Waals surface area (Å²) in [7, 11) is 1.20. The van der Waals surface area contributed by atoms with Crippen molar-refractivity contribution in [2.75, 3.05) is 12.8 Å². The summed E-state index contributed by atoms with van der Waals surface area (Å²) in [4.78, 5) is 16.4. The van der Waals surface area contributed by atoms with Crippen LogP contribution in [0.2, 0.25) is 0 Å². The van der Waals surface area contributed by atoms with Crippen molar-refractivity contribution >= 4 is 22.6 Å². The number of aliphatic hydroxyl groups is 1. The first-order valence-corrected chi connectivity index (χ1v) is 11.0. The Morgan fingerprint density at radius 3 is 2.42 bits per heavy atom. The predicted octanol–water partition coefficient (Wildman–Crippen LogP) is 3.96. The van der Waals surface area contributed by atoms with Crippen LogP contribution in [0.1, 0.15) is 36.2 Å². The first-order valence-electron chi connectivity index (χ1n) is 11.0. The van der Waals surface area contributed by atoms with E-state index in [0.29, 0.717) is 12.8 Å². The van der Waals surface area contributed by atoms with E-state index < -0.39 is 34.7 Å². The molecule has 186 valence electrons. The summed E-state index contributed by atoms with van der Waals surface area (Å²) in [6.45, 7) is 1.66. The van der Waals surface area contributed by atoms with Crippen molar-refractivity contribution in [3.05, 3.63) is 59.4 Å². The van der Waals surface area contributed by atoms with E-state index in [1.165, 1.54) is 42.1 Å². The zero-order chi connectivity index (χ0) is 25.9. The van der Waals surface area contributed by atoms with E-state index in [0.717, 1.165) is 6.07 Å². The van der Waals surface area contributed by atoms with Crippen LogP contribution in [-0.4, -0.2) is 38.5 Å². The number of primary amides is 1. The van der Waals surface area contributed by atoms with Gasteiger partial charge < -0.3 is 21.3 Å². The highest BCUT2D eigenvalue weighted by atomic mass is 19.1. The minimum Gasteiger partial charge on any atom is -0.493 e. The van der Waals surface area contributed by atoms with Gasteiger partial charge in [0.1, 0.15) is 34.1 Å². The predicted molar refractivity (Wildman–Crippen MR) is 127 cm³/mol. The first kappa shape index (κ1) is 23.6. The van der Waals surface area contributed by atoms with Gasteiger partial charge in [0, 0.05) is 16.5 Å². The van der Waals surface area contributed by atoms with E-state index in [1.54, 1.807) is 6.92 Å². The van der Waals surface area contributed by atoms with Gasteiger partial charge in [-0.15, -0.1) is 0 Å². The molecule has 1 fully saturated rings. The van der Waals surface area contributed by atoms with Crippen molar-refractivity contribution in [1.82, 2.24) is 14.8 Å². The van der Waals surface area contributed by atoms with Gasteiger partial charge in [0.05, 0.1) is 18.8 Å². The van der Waals surface area contributed by atoms with Crippen molar-refractivity contribution in [3.63, 3.8) is 0 Å². The molecule has 2 heterocycles. The maximum atomic E-state index is 16.0. The molecule has 1 aliphatic carbocycles. The van der Waals surface area contributed by atoms with E-state index in [-0.39, 0.29) is 50.9 Å². The van der Waals surface area contributed by atoms with Crippen LogP contribution in [0.25, 0.3) is 33.4 Å². The van der Waals surface area contributed by atoms with Gasteiger partial charge in [0.15, 0.2) is 17.4 Å². The second-order valence-electron chi connectivity index (χ2n) is 9.09. The third-order valence-corrected chi connectivity index (χ3v) is 6.47. The number of nitrogens with zero attached hydrogens (tertiary/aromatic N) is 3. The van der Waals surface area contributed by atoms with Crippen LogP contribution in [0.4, 0.5) is 19.0 Å². The lowest BCUT2D eigenvalue weighted by atomic mass is 9.77. The molecule has 2 aromatic carbocycles. The number of pyridine rings is 1. The third kappa shape index (κ3) is 3.54. The Labute approximate surface area is 203 Å². The Bertz CT molecular complexity index is 1540. The summed E-state index contributed by atoms with van der Waals surface area (Å²) >= 11 is 0. The number of nitrogens with two attached hydrogens (primary N) is 2. The largest absolute Gasteiger partial charge is 0.493 e. The second kappa shape index (κ2) is 8.23. The molecule has 0 spiro atoms. The highest BCUT2D eigenvalue weighted by Crippen LogP contribution is 2.44. The molecule has 4 aromatic rings. The molecular weight excluding hydrogens is 475 g/mol. The first-order chi connectivity index (χ1) is 17.0. The summed E-state index contributed by atoms with van der Waals surface area (Å²) in [5.74, 6) is -3.95. The average molecular weight is 497 g/mol. The summed E-state index contributed by atoms with van der Waals surface area (Å²) in [5.41, 5.74) is 9.39. The van der Waals surface area contributed by atoms with Crippen molar-refractivity contribution in [3.8, 4) is 28.3 Å². The minimum absolute atomic E-state index is 0.000547. The number of halogens is 3. The zero-order valence-corrected chi connectivity index (χ0v) is 19.3. The lowest BCUT2D eigenvalue weighted by molar-refractivity contribution is -0.0535. The molecule has 5 N–H and O–H groups in total. The van der Waals surface area contributed by atoms with Crippen LogP contribution in [0, 0.1) is 17.5 Å². The number of hydrogen-bond donors (Lipinski definition) is 3. The highest BCUT2D eigenvalue weighted by molar-refractivity contribution is 6.04. The number of rotatable bonds is 5. The maximum absolute atomic E-state index is 16.0. The third-order valence-electron chi connectivity index (χ3n) is 6.47. The summed E-state index contributed by atoms with van der Waals surface area (Å²) in [6.07, 6.45) is 0.668. The molecule has 0 saturated heterocycles. The molecule has 1 saturated carbocycles. The van der Waals surface area contributed by atoms with Gasteiger partial charge >= 0.3 is 0 Å². The van der Waals surface area contributed by atoms with E-state index in [4.69, 9.17) is 16.2 Å². The van der Waals surface area contributed by atoms with Crippen LogP contribution in [0.15, 0.2) is 36.4 Å². The van der Waals surface area contributed by atoms with E-state index in [2.05, 4.69) is 10.1 Å². The molecule has 0 radical (unpaired) electrons. The Kier molecular flexibility index (Phi) is 5.40. The van der Waals surface area contributed by atoms with Gasteiger partial charge in [0.2, 0.25) is 0 Å². The highest BCUT2D eigenvalue weighted by Gasteiger charge is 2.42. The van der Waals surface area contributed by atoms with E-state index in [9.17, 15) is 14.3 Å². The number of fused-ring (bicyclic) bond motifs is 1. The number of hydrogen-bond acceptors (Lipinski definition) is 6. The Hall–Kier alpha value is -4.12. The van der Waals surface area contributed by atoms with E-state index in [1.807, 2.05) is 0 Å². The fraction of sp³-hybridized carbons (Fsp3) is 0.240. The number of methoxy groups -OCH3 is 1. The van der Waals surface area contributed by atoms with Gasteiger partial charge in [-0.1, -0.05) is 12.1 Å². The topological polar surface area (TPSA) is 129 Å². The smallest absolute Gasteiger partial charge is 0.254 e. The number of benzene rings is 2. The molecule has 0 unspecified atom stereocenters. The molecule has 2 aromatic heterocycles. The zero-order valence-electron chi connectivity index (χ0n) is 19.3. The number of carbonyl (C=O) groups excluding carboxylic acids is 1. The molecule has 0 bridgehead atoms. The minimum atomic E-state index is -0.953. The van der Waals surface area contributed by atoms with Crippen LogP contribution >= 0.6 is 0 Å². The number of ether oxygens (including phenoxy) is 1. The van der Waals surface area contributed by atoms with Crippen LogP contribution in [0.5, 0.6) is 5.75 Å². The Morgan fingerprint density at radius 2 is 1.81 bits per heavy atom. The van der Waals surface area contributed by atoms with Crippen LogP contribution in [0.3, 0.4) is 0 Å². The Morgan fingerprint density at radius 1 is 1.11 bits per heavy atom. The lowest BCUT2D eigenvalue weighted by Gasteiger charge is -2.41. The summed E-state index contributed by atoms with van der Waals surface area (Å²) in [5, 5.41) is 14.5. The molecule has 11 heteroatoms. The van der Waals surface area contributed by atoms with Crippen molar-refractivity contribution < 1.29 is 27.8 Å². The summed E-state index contributed by atoms with van der Waals surface area (Å²) in [6, 6.07) is 7.72.